The van der Waals surface area contributed by atoms with Crippen LogP contribution in [0.2, 0.25) is 0 Å². The molecule has 0 spiro atoms. The van der Waals surface area contributed by atoms with E-state index in [9.17, 15) is 9.59 Å². The Hall–Kier alpha value is -2.46. The Morgan fingerprint density at radius 3 is 2.07 bits per heavy atom. The third kappa shape index (κ3) is 4.68. The summed E-state index contributed by atoms with van der Waals surface area (Å²) in [6.07, 6.45) is 3.91. The van der Waals surface area contributed by atoms with Crippen LogP contribution < -0.4 is 0 Å². The third-order valence-corrected chi connectivity index (χ3v) is 5.88. The van der Waals surface area contributed by atoms with Gasteiger partial charge in [0.25, 0.3) is 0 Å². The highest BCUT2D eigenvalue weighted by Gasteiger charge is 2.34. The molecule has 2 aliphatic rings. The second-order valence-corrected chi connectivity index (χ2v) is 8.02. The number of piperidine rings is 1. The van der Waals surface area contributed by atoms with E-state index in [1.165, 1.54) is 5.56 Å². The first-order valence-electron chi connectivity index (χ1n) is 10.4. The molecule has 146 valence electrons. The van der Waals surface area contributed by atoms with Crippen LogP contribution in [0.25, 0.3) is 0 Å². The summed E-state index contributed by atoms with van der Waals surface area (Å²) >= 11 is 0. The van der Waals surface area contributed by atoms with Crippen molar-refractivity contribution in [2.75, 3.05) is 19.6 Å². The van der Waals surface area contributed by atoms with Crippen LogP contribution >= 0.6 is 0 Å². The Kier molecular flexibility index (Phi) is 5.87. The molecule has 1 aliphatic heterocycles. The van der Waals surface area contributed by atoms with Gasteiger partial charge in [0.2, 0.25) is 5.91 Å². The molecule has 2 aromatic carbocycles. The van der Waals surface area contributed by atoms with Crippen molar-refractivity contribution in [3.63, 3.8) is 0 Å². The number of hydrogen-bond acceptors (Lipinski definition) is 3. The van der Waals surface area contributed by atoms with Gasteiger partial charge in [0, 0.05) is 24.1 Å². The highest BCUT2D eigenvalue weighted by molar-refractivity contribution is 5.97. The number of benzene rings is 2. The topological polar surface area (TPSA) is 40.6 Å². The van der Waals surface area contributed by atoms with E-state index in [4.69, 9.17) is 0 Å². The Morgan fingerprint density at radius 2 is 1.46 bits per heavy atom. The molecule has 1 saturated heterocycles. The molecule has 0 radical (unpaired) electrons. The molecule has 0 atom stereocenters. The standard InChI is InChI=1S/C24H28N2O2/c27-23(26(22-11-12-22)17-19-7-3-1-4-8-19)18-25-15-13-21(14-16-25)24(28)20-9-5-2-6-10-20/h1-10,21-22H,11-18H2. The van der Waals surface area contributed by atoms with Crippen LogP contribution in [-0.4, -0.2) is 47.2 Å². The van der Waals surface area contributed by atoms with Crippen LogP contribution in [-0.2, 0) is 11.3 Å². The van der Waals surface area contributed by atoms with Gasteiger partial charge in [-0.1, -0.05) is 60.7 Å². The smallest absolute Gasteiger partial charge is 0.237 e. The molecule has 1 aliphatic carbocycles. The molecular formula is C24H28N2O2. The van der Waals surface area contributed by atoms with Crippen LogP contribution in [0.3, 0.4) is 0 Å². The van der Waals surface area contributed by atoms with Gasteiger partial charge in [0.15, 0.2) is 5.78 Å². The Balaban J connectivity index is 1.30. The predicted octanol–water partition coefficient (Wildman–Crippen LogP) is 3.77. The van der Waals surface area contributed by atoms with Gasteiger partial charge in [-0.3, -0.25) is 14.5 Å². The molecule has 2 aromatic rings. The van der Waals surface area contributed by atoms with E-state index in [0.29, 0.717) is 19.1 Å². The van der Waals surface area contributed by atoms with Gasteiger partial charge >= 0.3 is 0 Å². The number of amides is 1. The lowest BCUT2D eigenvalue weighted by Crippen LogP contribution is -2.44. The summed E-state index contributed by atoms with van der Waals surface area (Å²) in [6.45, 7) is 2.81. The number of carbonyl (C=O) groups is 2. The number of likely N-dealkylation sites (tertiary alicyclic amines) is 1. The summed E-state index contributed by atoms with van der Waals surface area (Å²) in [7, 11) is 0. The van der Waals surface area contributed by atoms with Crippen LogP contribution in [0.1, 0.15) is 41.6 Å². The van der Waals surface area contributed by atoms with Crippen LogP contribution in [0, 0.1) is 5.92 Å². The maximum absolute atomic E-state index is 13.0. The van der Waals surface area contributed by atoms with E-state index in [2.05, 4.69) is 21.9 Å². The van der Waals surface area contributed by atoms with E-state index in [-0.39, 0.29) is 17.6 Å². The predicted molar refractivity (Wildman–Crippen MR) is 110 cm³/mol. The minimum absolute atomic E-state index is 0.0811. The zero-order chi connectivity index (χ0) is 19.3. The lowest BCUT2D eigenvalue weighted by molar-refractivity contribution is -0.134. The fraction of sp³-hybridized carbons (Fsp3) is 0.417. The van der Waals surface area contributed by atoms with Crippen molar-refractivity contribution < 1.29 is 9.59 Å². The maximum Gasteiger partial charge on any atom is 0.237 e. The molecule has 0 aromatic heterocycles. The molecular weight excluding hydrogens is 348 g/mol. The third-order valence-electron chi connectivity index (χ3n) is 5.88. The minimum Gasteiger partial charge on any atom is -0.334 e. The van der Waals surface area contributed by atoms with Gasteiger partial charge in [-0.25, -0.2) is 0 Å². The van der Waals surface area contributed by atoms with Crippen molar-refractivity contribution in [2.45, 2.75) is 38.3 Å². The van der Waals surface area contributed by atoms with Crippen molar-refractivity contribution in [1.82, 2.24) is 9.80 Å². The second kappa shape index (κ2) is 8.70. The highest BCUT2D eigenvalue weighted by atomic mass is 16.2. The van der Waals surface area contributed by atoms with Crippen LogP contribution in [0.4, 0.5) is 0 Å². The summed E-state index contributed by atoms with van der Waals surface area (Å²) in [4.78, 5) is 29.9. The lowest BCUT2D eigenvalue weighted by Gasteiger charge is -2.32. The van der Waals surface area contributed by atoms with Crippen molar-refractivity contribution >= 4 is 11.7 Å². The summed E-state index contributed by atoms with van der Waals surface area (Å²) in [5, 5.41) is 0. The molecule has 0 N–H and O–H groups in total. The van der Waals surface area contributed by atoms with Crippen molar-refractivity contribution in [1.29, 1.82) is 0 Å². The Morgan fingerprint density at radius 1 is 0.857 bits per heavy atom. The molecule has 0 bridgehead atoms. The summed E-state index contributed by atoms with van der Waals surface area (Å²) < 4.78 is 0. The quantitative estimate of drug-likeness (QED) is 0.691. The molecule has 4 rings (SSSR count). The van der Waals surface area contributed by atoms with E-state index >= 15 is 0 Å². The van der Waals surface area contributed by atoms with Gasteiger partial charge < -0.3 is 4.90 Å². The summed E-state index contributed by atoms with van der Waals surface area (Å²) in [6, 6.07) is 20.2. The summed E-state index contributed by atoms with van der Waals surface area (Å²) in [5.74, 6) is 0.548. The van der Waals surface area contributed by atoms with Crippen LogP contribution in [0.5, 0.6) is 0 Å². The van der Waals surface area contributed by atoms with Gasteiger partial charge in [-0.15, -0.1) is 0 Å². The monoisotopic (exact) mass is 376 g/mol. The first-order valence-corrected chi connectivity index (χ1v) is 10.4. The molecule has 1 heterocycles. The van der Waals surface area contributed by atoms with E-state index in [0.717, 1.165) is 44.3 Å². The number of Topliss-reactive ketones (excluding diaryl/α,β-unsaturated/α-hetero) is 1. The first-order chi connectivity index (χ1) is 13.7. The number of ketones is 1. The lowest BCUT2D eigenvalue weighted by atomic mass is 9.89. The van der Waals surface area contributed by atoms with Crippen molar-refractivity contribution in [3.8, 4) is 0 Å². The molecule has 1 saturated carbocycles. The Labute approximate surface area is 167 Å². The normalized spacial score (nSPS) is 18.0. The zero-order valence-electron chi connectivity index (χ0n) is 16.3. The molecule has 4 nitrogen and oxygen atoms in total. The van der Waals surface area contributed by atoms with Gasteiger partial charge in [-0.05, 0) is 44.3 Å². The zero-order valence-corrected chi connectivity index (χ0v) is 16.3. The SMILES string of the molecule is O=C(c1ccccc1)C1CCN(CC(=O)N(Cc2ccccc2)C2CC2)CC1. The fourth-order valence-electron chi connectivity index (χ4n) is 4.06. The van der Waals surface area contributed by atoms with Crippen molar-refractivity contribution in [2.24, 2.45) is 5.92 Å². The van der Waals surface area contributed by atoms with E-state index < -0.39 is 0 Å². The second-order valence-electron chi connectivity index (χ2n) is 8.02. The van der Waals surface area contributed by atoms with Gasteiger partial charge in [-0.2, -0.15) is 0 Å². The van der Waals surface area contributed by atoms with Gasteiger partial charge in [0.1, 0.15) is 0 Å². The largest absolute Gasteiger partial charge is 0.334 e. The Bertz CT molecular complexity index is 794. The van der Waals surface area contributed by atoms with E-state index in [1.54, 1.807) is 0 Å². The van der Waals surface area contributed by atoms with E-state index in [1.807, 2.05) is 48.5 Å². The maximum atomic E-state index is 13.0. The minimum atomic E-state index is 0.0811. The molecule has 0 unspecified atom stereocenters. The average Bonchev–Trinajstić information content (AvgIpc) is 3.58. The van der Waals surface area contributed by atoms with Crippen LogP contribution in [0.15, 0.2) is 60.7 Å². The first kappa shape index (κ1) is 18.9. The van der Waals surface area contributed by atoms with Gasteiger partial charge in [0.05, 0.1) is 6.54 Å². The molecule has 28 heavy (non-hydrogen) atoms. The highest BCUT2D eigenvalue weighted by Crippen LogP contribution is 2.29. The van der Waals surface area contributed by atoms with Crippen molar-refractivity contribution in [3.05, 3.63) is 71.8 Å². The number of rotatable bonds is 7. The molecule has 1 amide bonds. The fourth-order valence-corrected chi connectivity index (χ4v) is 4.06. The average molecular weight is 377 g/mol. The number of hydrogen-bond donors (Lipinski definition) is 0. The number of nitrogens with zero attached hydrogens (tertiary/aromatic N) is 2. The number of carbonyl (C=O) groups excluding carboxylic acids is 2. The molecule has 4 heteroatoms. The summed E-state index contributed by atoms with van der Waals surface area (Å²) in [5.41, 5.74) is 2.00. The molecule has 2 fully saturated rings.